The van der Waals surface area contributed by atoms with E-state index < -0.39 is 0 Å². The minimum Gasteiger partial charge on any atom is -0.494 e. The number of carbonyl (C=O) groups excluding carboxylic acids is 1. The zero-order valence-corrected chi connectivity index (χ0v) is 19.2. The second kappa shape index (κ2) is 9.32. The van der Waals surface area contributed by atoms with Gasteiger partial charge in [-0.1, -0.05) is 46.9 Å². The first-order valence-electron chi connectivity index (χ1n) is 9.81. The second-order valence-electron chi connectivity index (χ2n) is 7.08. The maximum absolute atomic E-state index is 11.4. The predicted octanol–water partition coefficient (Wildman–Crippen LogP) is 5.39. The molecule has 2 aromatic carbocycles. The Morgan fingerprint density at radius 2 is 1.78 bits per heavy atom. The number of aryl methyl sites for hydroxylation is 1. The summed E-state index contributed by atoms with van der Waals surface area (Å²) in [7, 11) is 0. The summed E-state index contributed by atoms with van der Waals surface area (Å²) in [6.07, 6.45) is 3.88. The molecule has 0 atom stereocenters. The summed E-state index contributed by atoms with van der Waals surface area (Å²) in [5.41, 5.74) is 6.07. The molecule has 7 nitrogen and oxygen atoms in total. The van der Waals surface area contributed by atoms with Gasteiger partial charge in [-0.15, -0.1) is 0 Å². The highest BCUT2D eigenvalue weighted by Crippen LogP contribution is 2.32. The number of rotatable bonds is 5. The highest BCUT2D eigenvalue weighted by molar-refractivity contribution is 6.41. The normalized spacial score (nSPS) is 14.5. The van der Waals surface area contributed by atoms with Crippen LogP contribution in [-0.2, 0) is 11.3 Å². The zero-order valence-electron chi connectivity index (χ0n) is 16.9. The van der Waals surface area contributed by atoms with E-state index in [-0.39, 0.29) is 11.8 Å². The average Bonchev–Trinajstić information content (AvgIpc) is 3.03. The van der Waals surface area contributed by atoms with Crippen molar-refractivity contribution in [3.63, 3.8) is 0 Å². The van der Waals surface area contributed by atoms with E-state index in [0.29, 0.717) is 45.6 Å². The number of halogens is 3. The third-order valence-electron chi connectivity index (χ3n) is 5.11. The van der Waals surface area contributed by atoms with Crippen molar-refractivity contribution in [1.29, 1.82) is 0 Å². The first-order valence-corrected chi connectivity index (χ1v) is 10.9. The number of amides is 1. The van der Waals surface area contributed by atoms with Crippen LogP contribution in [-0.4, -0.2) is 33.7 Å². The van der Waals surface area contributed by atoms with Crippen molar-refractivity contribution in [1.82, 2.24) is 9.99 Å². The van der Waals surface area contributed by atoms with Gasteiger partial charge >= 0.3 is 0 Å². The first kappa shape index (κ1) is 22.3. The summed E-state index contributed by atoms with van der Waals surface area (Å²) >= 11 is 18.2. The van der Waals surface area contributed by atoms with Gasteiger partial charge in [0.25, 0.3) is 0 Å². The van der Waals surface area contributed by atoms with Gasteiger partial charge in [0.1, 0.15) is 0 Å². The smallest absolute Gasteiger partial charge is 0.240 e. The van der Waals surface area contributed by atoms with Gasteiger partial charge in [-0.25, -0.2) is 5.43 Å². The Balaban J connectivity index is 1.67. The van der Waals surface area contributed by atoms with Crippen molar-refractivity contribution in [3.05, 3.63) is 62.1 Å². The van der Waals surface area contributed by atoms with E-state index in [9.17, 15) is 9.90 Å². The number of hydrogen-bond donors (Lipinski definition) is 2. The van der Waals surface area contributed by atoms with E-state index in [4.69, 9.17) is 34.8 Å². The topological polar surface area (TPSA) is 91.3 Å². The maximum Gasteiger partial charge on any atom is 0.240 e. The lowest BCUT2D eigenvalue weighted by Crippen LogP contribution is -2.25. The van der Waals surface area contributed by atoms with E-state index in [1.54, 1.807) is 16.7 Å². The summed E-state index contributed by atoms with van der Waals surface area (Å²) < 4.78 is 1.78. The van der Waals surface area contributed by atoms with Gasteiger partial charge in [-0.3, -0.25) is 4.79 Å². The van der Waals surface area contributed by atoms with Crippen molar-refractivity contribution in [2.45, 2.75) is 26.3 Å². The van der Waals surface area contributed by atoms with E-state index in [2.05, 4.69) is 20.7 Å². The molecule has 0 bridgehead atoms. The predicted molar refractivity (Wildman–Crippen MR) is 130 cm³/mol. The second-order valence-corrected chi connectivity index (χ2v) is 8.33. The summed E-state index contributed by atoms with van der Waals surface area (Å²) in [5.74, 6) is -0.00956. The van der Waals surface area contributed by atoms with Gasteiger partial charge in [0.2, 0.25) is 11.8 Å². The maximum atomic E-state index is 11.4. The molecule has 0 saturated heterocycles. The summed E-state index contributed by atoms with van der Waals surface area (Å²) in [6.45, 7) is 2.50. The standard InChI is InChI=1S/C22H18Cl3N5O2/c1-2-30-20-7-12(19-5-6-21(31)29-28-19)3-4-14(20)15(22(30)32)10-26-27-11-16-17(24)8-13(23)9-18(16)25/h3-4,7-11,32H,2,5-6H2,1H3,(H,29,31)/b26-10?,27-11-. The van der Waals surface area contributed by atoms with Gasteiger partial charge in [0.05, 0.1) is 39.3 Å². The fraction of sp³-hybridized carbons (Fsp3) is 0.182. The number of aromatic nitrogens is 1. The lowest BCUT2D eigenvalue weighted by Gasteiger charge is -2.12. The lowest BCUT2D eigenvalue weighted by molar-refractivity contribution is -0.121. The largest absolute Gasteiger partial charge is 0.494 e. The molecule has 1 amide bonds. The Hall–Kier alpha value is -2.87. The third kappa shape index (κ3) is 4.37. The van der Waals surface area contributed by atoms with Crippen molar-refractivity contribution in [2.75, 3.05) is 0 Å². The number of hydrogen-bond acceptors (Lipinski definition) is 5. The minimum atomic E-state index is -0.0929. The van der Waals surface area contributed by atoms with Crippen molar-refractivity contribution < 1.29 is 9.90 Å². The summed E-state index contributed by atoms with van der Waals surface area (Å²) in [4.78, 5) is 11.4. The van der Waals surface area contributed by atoms with Crippen molar-refractivity contribution in [3.8, 4) is 5.88 Å². The van der Waals surface area contributed by atoms with Gasteiger partial charge in [0.15, 0.2) is 0 Å². The molecule has 1 aromatic heterocycles. The van der Waals surface area contributed by atoms with E-state index in [1.807, 2.05) is 25.1 Å². The Bertz CT molecular complexity index is 1290. The number of nitrogens with zero attached hydrogens (tertiary/aromatic N) is 4. The fourth-order valence-electron chi connectivity index (χ4n) is 3.53. The number of carbonyl (C=O) groups is 1. The molecule has 2 heterocycles. The van der Waals surface area contributed by atoms with Gasteiger partial charge < -0.3 is 9.67 Å². The molecule has 0 fully saturated rings. The third-order valence-corrected chi connectivity index (χ3v) is 5.96. The minimum absolute atomic E-state index is 0.0834. The van der Waals surface area contributed by atoms with Crippen LogP contribution in [0.15, 0.2) is 45.6 Å². The highest BCUT2D eigenvalue weighted by atomic mass is 35.5. The molecule has 0 radical (unpaired) electrons. The van der Waals surface area contributed by atoms with Crippen LogP contribution in [0.3, 0.4) is 0 Å². The Kier molecular flexibility index (Phi) is 6.50. The fourth-order valence-corrected chi connectivity index (χ4v) is 4.45. The van der Waals surface area contributed by atoms with Crippen molar-refractivity contribution >= 4 is 69.8 Å². The summed E-state index contributed by atoms with van der Waals surface area (Å²) in [5, 5.41) is 25.0. The molecule has 164 valence electrons. The molecular formula is C22H18Cl3N5O2. The van der Waals surface area contributed by atoms with Crippen LogP contribution < -0.4 is 5.43 Å². The molecule has 4 rings (SSSR count). The van der Waals surface area contributed by atoms with Gasteiger partial charge in [0, 0.05) is 35.4 Å². The lowest BCUT2D eigenvalue weighted by atomic mass is 10.0. The van der Waals surface area contributed by atoms with Crippen LogP contribution in [0.5, 0.6) is 5.88 Å². The summed E-state index contributed by atoms with van der Waals surface area (Å²) in [6, 6.07) is 8.89. The average molecular weight is 491 g/mol. The van der Waals surface area contributed by atoms with Crippen LogP contribution in [0.4, 0.5) is 0 Å². The van der Waals surface area contributed by atoms with E-state index in [1.165, 1.54) is 12.4 Å². The van der Waals surface area contributed by atoms with Crippen LogP contribution >= 0.6 is 34.8 Å². The molecule has 10 heteroatoms. The number of fused-ring (bicyclic) bond motifs is 1. The monoisotopic (exact) mass is 489 g/mol. The molecule has 3 aromatic rings. The van der Waals surface area contributed by atoms with Crippen LogP contribution in [0.25, 0.3) is 10.9 Å². The van der Waals surface area contributed by atoms with Crippen LogP contribution in [0.1, 0.15) is 36.5 Å². The van der Waals surface area contributed by atoms with Crippen LogP contribution in [0, 0.1) is 0 Å². The zero-order chi connectivity index (χ0) is 22.8. The number of hydrazone groups is 1. The first-order chi connectivity index (χ1) is 15.4. The van der Waals surface area contributed by atoms with Crippen molar-refractivity contribution in [2.24, 2.45) is 15.3 Å². The molecule has 32 heavy (non-hydrogen) atoms. The molecule has 1 aliphatic heterocycles. The molecule has 0 unspecified atom stereocenters. The SMILES string of the molecule is CCn1c(O)c(C=N/N=C\c2c(Cl)cc(Cl)cc2Cl)c2ccc(C3=NNC(=O)CC3)cc21. The molecule has 0 aliphatic carbocycles. The molecule has 0 saturated carbocycles. The quantitative estimate of drug-likeness (QED) is 0.370. The van der Waals surface area contributed by atoms with Gasteiger partial charge in [-0.05, 0) is 30.7 Å². The Morgan fingerprint density at radius 3 is 2.41 bits per heavy atom. The molecule has 2 N–H and O–H groups in total. The number of benzene rings is 2. The number of nitrogens with one attached hydrogen (secondary N) is 1. The van der Waals surface area contributed by atoms with Crippen LogP contribution in [0.2, 0.25) is 15.1 Å². The Morgan fingerprint density at radius 1 is 1.09 bits per heavy atom. The molecule has 1 aliphatic rings. The Labute approximate surface area is 199 Å². The van der Waals surface area contributed by atoms with Gasteiger partial charge in [-0.2, -0.15) is 15.3 Å². The molecule has 0 spiro atoms. The van der Waals surface area contributed by atoms with E-state index in [0.717, 1.165) is 22.2 Å². The highest BCUT2D eigenvalue weighted by Gasteiger charge is 2.18. The van der Waals surface area contributed by atoms with E-state index >= 15 is 0 Å². The number of aromatic hydroxyl groups is 1. The molecular weight excluding hydrogens is 473 g/mol.